The molecule has 0 unspecified atom stereocenters. The average molecular weight is 271 g/mol. The molecule has 0 aliphatic carbocycles. The molecule has 102 valence electrons. The molecule has 20 heavy (non-hydrogen) atoms. The predicted molar refractivity (Wildman–Crippen MR) is 75.8 cm³/mol. The Morgan fingerprint density at radius 1 is 1.25 bits per heavy atom. The van der Waals surface area contributed by atoms with Crippen molar-refractivity contribution >= 4 is 17.3 Å². The van der Waals surface area contributed by atoms with E-state index < -0.39 is 5.91 Å². The highest BCUT2D eigenvalue weighted by molar-refractivity contribution is 5.93. The van der Waals surface area contributed by atoms with Crippen LogP contribution in [0.1, 0.15) is 15.9 Å². The number of hydrogen-bond donors (Lipinski definition) is 3. The maximum Gasteiger partial charge on any atom is 0.248 e. The van der Waals surface area contributed by atoms with Crippen LogP contribution in [0.15, 0.2) is 47.6 Å². The summed E-state index contributed by atoms with van der Waals surface area (Å²) in [6, 6.07) is 11.0. The van der Waals surface area contributed by atoms with Crippen LogP contribution in [0.2, 0.25) is 0 Å². The minimum absolute atomic E-state index is 0.0657. The van der Waals surface area contributed by atoms with Crippen LogP contribution in [0.3, 0.4) is 0 Å². The Morgan fingerprint density at radius 2 is 2.05 bits per heavy atom. The van der Waals surface area contributed by atoms with Gasteiger partial charge in [0, 0.05) is 23.4 Å². The Bertz CT molecular complexity index is 656. The van der Waals surface area contributed by atoms with Crippen molar-refractivity contribution in [1.82, 2.24) is 0 Å². The molecule has 2 rings (SSSR count). The lowest BCUT2D eigenvalue weighted by Crippen LogP contribution is -2.11. The number of carbonyl (C=O) groups excluding carboxylic acids is 1. The van der Waals surface area contributed by atoms with Crippen LogP contribution in [0.4, 0.5) is 11.4 Å². The van der Waals surface area contributed by atoms with Crippen molar-refractivity contribution in [3.05, 3.63) is 58.5 Å². The summed E-state index contributed by atoms with van der Waals surface area (Å²) < 4.78 is 0. The third-order valence-corrected chi connectivity index (χ3v) is 2.80. The topological polar surface area (TPSA) is 105 Å². The molecule has 0 aliphatic rings. The molecule has 0 heterocycles. The molecule has 6 nitrogen and oxygen atoms in total. The summed E-state index contributed by atoms with van der Waals surface area (Å²) in [5.74, 6) is -0.445. The van der Waals surface area contributed by atoms with Crippen LogP contribution in [0.5, 0.6) is 5.75 Å². The number of anilines is 1. The zero-order valence-corrected chi connectivity index (χ0v) is 10.5. The maximum absolute atomic E-state index is 11.1. The van der Waals surface area contributed by atoms with Crippen LogP contribution in [-0.4, -0.2) is 11.0 Å². The van der Waals surface area contributed by atoms with Gasteiger partial charge in [0.2, 0.25) is 5.91 Å². The van der Waals surface area contributed by atoms with Gasteiger partial charge in [-0.25, -0.2) is 0 Å². The van der Waals surface area contributed by atoms with E-state index in [0.717, 1.165) is 0 Å². The second kappa shape index (κ2) is 5.83. The van der Waals surface area contributed by atoms with Gasteiger partial charge in [0.15, 0.2) is 0 Å². The number of nitrogens with zero attached hydrogens (tertiary/aromatic N) is 1. The van der Waals surface area contributed by atoms with E-state index >= 15 is 0 Å². The van der Waals surface area contributed by atoms with Crippen molar-refractivity contribution in [3.8, 4) is 5.75 Å². The second-order valence-electron chi connectivity index (χ2n) is 4.20. The lowest BCUT2D eigenvalue weighted by atomic mass is 10.1. The highest BCUT2D eigenvalue weighted by Crippen LogP contribution is 2.24. The molecule has 0 atom stereocenters. The first-order chi connectivity index (χ1) is 9.60. The molecule has 0 aliphatic heterocycles. The highest BCUT2D eigenvalue weighted by Gasteiger charge is 2.05. The van der Waals surface area contributed by atoms with Crippen molar-refractivity contribution < 1.29 is 9.90 Å². The summed E-state index contributed by atoms with van der Waals surface area (Å²) in [4.78, 5) is 21.5. The third kappa shape index (κ3) is 3.11. The summed E-state index contributed by atoms with van der Waals surface area (Å²) in [6.07, 6.45) is 0. The number of amides is 1. The van der Waals surface area contributed by atoms with E-state index in [0.29, 0.717) is 16.8 Å². The van der Waals surface area contributed by atoms with Crippen LogP contribution in [0, 0.1) is 4.91 Å². The van der Waals surface area contributed by atoms with E-state index in [-0.39, 0.29) is 18.0 Å². The smallest absolute Gasteiger partial charge is 0.248 e. The van der Waals surface area contributed by atoms with Gasteiger partial charge in [-0.1, -0.05) is 6.07 Å². The molecule has 0 aromatic heterocycles. The van der Waals surface area contributed by atoms with Gasteiger partial charge < -0.3 is 16.2 Å². The van der Waals surface area contributed by atoms with Gasteiger partial charge in [-0.05, 0) is 41.6 Å². The first-order valence-corrected chi connectivity index (χ1v) is 5.89. The zero-order valence-electron chi connectivity index (χ0n) is 10.5. The van der Waals surface area contributed by atoms with Gasteiger partial charge in [-0.2, -0.15) is 0 Å². The quantitative estimate of drug-likeness (QED) is 0.726. The molecule has 4 N–H and O–H groups in total. The third-order valence-electron chi connectivity index (χ3n) is 2.80. The molecule has 1 amide bonds. The van der Waals surface area contributed by atoms with E-state index in [4.69, 9.17) is 5.73 Å². The van der Waals surface area contributed by atoms with Crippen LogP contribution < -0.4 is 11.1 Å². The average Bonchev–Trinajstić information content (AvgIpc) is 2.46. The van der Waals surface area contributed by atoms with E-state index in [2.05, 4.69) is 10.5 Å². The summed E-state index contributed by atoms with van der Waals surface area (Å²) in [5, 5.41) is 15.5. The van der Waals surface area contributed by atoms with Gasteiger partial charge in [0.1, 0.15) is 11.4 Å². The fourth-order valence-corrected chi connectivity index (χ4v) is 1.75. The highest BCUT2D eigenvalue weighted by atomic mass is 16.3. The minimum atomic E-state index is -0.511. The van der Waals surface area contributed by atoms with Crippen molar-refractivity contribution in [2.75, 3.05) is 5.32 Å². The Kier molecular flexibility index (Phi) is 3.95. The molecule has 2 aromatic carbocycles. The number of phenols is 1. The number of rotatable bonds is 5. The number of nitrogens with one attached hydrogen (secondary N) is 1. The fourth-order valence-electron chi connectivity index (χ4n) is 1.75. The standard InChI is InChI=1S/C14H13N3O3/c15-14(19)9-2-1-3-11(6-9)16-8-10-7-12(17-20)4-5-13(10)18/h1-7,16,18H,8H2,(H2,15,19). The number of nitrogens with two attached hydrogens (primary N) is 1. The molecule has 2 aromatic rings. The normalized spacial score (nSPS) is 10.0. The lowest BCUT2D eigenvalue weighted by Gasteiger charge is -2.09. The van der Waals surface area contributed by atoms with Gasteiger partial charge in [0.05, 0.1) is 0 Å². The Morgan fingerprint density at radius 3 is 2.75 bits per heavy atom. The number of phenolic OH excluding ortho intramolecular Hbond substituents is 1. The molecule has 0 saturated heterocycles. The summed E-state index contributed by atoms with van der Waals surface area (Å²) in [6.45, 7) is 0.289. The molecule has 0 bridgehead atoms. The van der Waals surface area contributed by atoms with Crippen LogP contribution >= 0.6 is 0 Å². The fraction of sp³-hybridized carbons (Fsp3) is 0.0714. The van der Waals surface area contributed by atoms with Crippen LogP contribution in [-0.2, 0) is 6.54 Å². The Hall–Kier alpha value is -2.89. The van der Waals surface area contributed by atoms with Gasteiger partial charge in [-0.3, -0.25) is 4.79 Å². The largest absolute Gasteiger partial charge is 0.508 e. The molecule has 0 saturated carbocycles. The molecule has 6 heteroatoms. The summed E-state index contributed by atoms with van der Waals surface area (Å²) >= 11 is 0. The number of benzene rings is 2. The second-order valence-corrected chi connectivity index (χ2v) is 4.20. The van der Waals surface area contributed by atoms with E-state index in [1.165, 1.54) is 18.2 Å². The minimum Gasteiger partial charge on any atom is -0.508 e. The van der Waals surface area contributed by atoms with Gasteiger partial charge in [0.25, 0.3) is 0 Å². The molecule has 0 radical (unpaired) electrons. The van der Waals surface area contributed by atoms with Crippen molar-refractivity contribution in [2.45, 2.75) is 6.54 Å². The zero-order chi connectivity index (χ0) is 14.5. The van der Waals surface area contributed by atoms with Crippen molar-refractivity contribution in [1.29, 1.82) is 0 Å². The molecule has 0 spiro atoms. The Labute approximate surface area is 115 Å². The summed E-state index contributed by atoms with van der Waals surface area (Å²) in [7, 11) is 0. The number of aromatic hydroxyl groups is 1. The van der Waals surface area contributed by atoms with Gasteiger partial charge in [-0.15, -0.1) is 4.91 Å². The van der Waals surface area contributed by atoms with Crippen molar-refractivity contribution in [2.24, 2.45) is 10.9 Å². The molecular weight excluding hydrogens is 258 g/mol. The first-order valence-electron chi connectivity index (χ1n) is 5.89. The summed E-state index contributed by atoms with van der Waals surface area (Å²) in [5.41, 5.74) is 7.05. The van der Waals surface area contributed by atoms with Gasteiger partial charge >= 0.3 is 0 Å². The Balaban J connectivity index is 2.14. The number of carbonyl (C=O) groups is 1. The van der Waals surface area contributed by atoms with Crippen molar-refractivity contribution in [3.63, 3.8) is 0 Å². The SMILES string of the molecule is NC(=O)c1cccc(NCc2cc(N=O)ccc2O)c1. The monoisotopic (exact) mass is 271 g/mol. The van der Waals surface area contributed by atoms with E-state index in [1.807, 2.05) is 0 Å². The van der Waals surface area contributed by atoms with E-state index in [9.17, 15) is 14.8 Å². The maximum atomic E-state index is 11.1. The first kappa shape index (κ1) is 13.5. The lowest BCUT2D eigenvalue weighted by molar-refractivity contribution is 0.100. The van der Waals surface area contributed by atoms with E-state index in [1.54, 1.807) is 24.3 Å². The van der Waals surface area contributed by atoms with Crippen LogP contribution in [0.25, 0.3) is 0 Å². The number of hydrogen-bond acceptors (Lipinski definition) is 5. The predicted octanol–water partition coefficient (Wildman–Crippen LogP) is 2.50. The number of nitroso groups, excluding NO2 is 1. The molecule has 0 fully saturated rings. The molecular formula is C14H13N3O3. The number of primary amides is 1.